The third-order valence-electron chi connectivity index (χ3n) is 7.73. The third kappa shape index (κ3) is 5.65. The van der Waals surface area contributed by atoms with Gasteiger partial charge in [-0.25, -0.2) is 13.6 Å². The lowest BCUT2D eigenvalue weighted by Gasteiger charge is -2.26. The summed E-state index contributed by atoms with van der Waals surface area (Å²) in [5.74, 6) is 0.407. The van der Waals surface area contributed by atoms with Gasteiger partial charge < -0.3 is 14.6 Å². The monoisotopic (exact) mass is 640 g/mol. The lowest BCUT2D eigenvalue weighted by molar-refractivity contribution is -0.258. The van der Waals surface area contributed by atoms with E-state index in [9.17, 15) is 26.7 Å². The molecule has 0 aliphatic carbocycles. The Labute approximate surface area is 255 Å². The number of nitrogens with zero attached hydrogens (tertiary/aromatic N) is 1. The van der Waals surface area contributed by atoms with Gasteiger partial charge >= 0.3 is 6.18 Å². The summed E-state index contributed by atoms with van der Waals surface area (Å²) in [4.78, 5) is 5.23. The number of benzene rings is 3. The van der Waals surface area contributed by atoms with Crippen LogP contribution in [0.15, 0.2) is 96.0 Å². The largest absolute Gasteiger partial charge is 0.490 e. The van der Waals surface area contributed by atoms with Crippen molar-refractivity contribution in [3.8, 4) is 22.8 Å². The van der Waals surface area contributed by atoms with Crippen molar-refractivity contribution in [1.82, 2.24) is 4.98 Å². The molecule has 3 aromatic carbocycles. The van der Waals surface area contributed by atoms with E-state index in [1.54, 1.807) is 6.07 Å². The van der Waals surface area contributed by atoms with Gasteiger partial charge in [-0.05, 0) is 53.8 Å². The van der Waals surface area contributed by atoms with Gasteiger partial charge in [-0.1, -0.05) is 48.5 Å². The molecule has 7 nitrogen and oxygen atoms in total. The Balaban J connectivity index is 1.43. The Kier molecular flexibility index (Phi) is 7.65. The number of halogens is 3. The van der Waals surface area contributed by atoms with E-state index in [2.05, 4.69) is 4.98 Å². The second kappa shape index (κ2) is 11.2. The van der Waals surface area contributed by atoms with E-state index in [1.165, 1.54) is 41.8 Å². The average Bonchev–Trinajstić information content (AvgIpc) is 3.30. The Morgan fingerprint density at radius 3 is 2.50 bits per heavy atom. The fourth-order valence-corrected chi connectivity index (χ4v) is 7.21. The molecular formula is C32H27F3N2O5S2. The van der Waals surface area contributed by atoms with Crippen LogP contribution in [0, 0.1) is 0 Å². The summed E-state index contributed by atoms with van der Waals surface area (Å²) >= 11 is 1.49. The van der Waals surface area contributed by atoms with Gasteiger partial charge in [-0.2, -0.15) is 13.2 Å². The zero-order valence-electron chi connectivity index (χ0n) is 23.3. The number of thiophene rings is 1. The Bertz CT molecular complexity index is 1940. The molecule has 3 atom stereocenters. The van der Waals surface area contributed by atoms with Crippen LogP contribution in [0.3, 0.4) is 0 Å². The number of sulfonamides is 1. The summed E-state index contributed by atoms with van der Waals surface area (Å²) < 4.78 is 77.8. The summed E-state index contributed by atoms with van der Waals surface area (Å²) in [7, 11) is -3.93. The molecule has 0 fully saturated rings. The Morgan fingerprint density at radius 1 is 1.00 bits per heavy atom. The predicted octanol–water partition coefficient (Wildman–Crippen LogP) is 6.74. The molecule has 0 spiro atoms. The van der Waals surface area contributed by atoms with Crippen LogP contribution in [0.25, 0.3) is 21.3 Å². The van der Waals surface area contributed by atoms with Crippen molar-refractivity contribution < 1.29 is 36.2 Å². The molecule has 6 rings (SSSR count). The minimum absolute atomic E-state index is 0.0793. The molecule has 1 aliphatic rings. The van der Waals surface area contributed by atoms with Crippen molar-refractivity contribution >= 4 is 31.4 Å². The molecule has 0 radical (unpaired) electrons. The van der Waals surface area contributed by atoms with E-state index in [0.29, 0.717) is 23.4 Å². The van der Waals surface area contributed by atoms with Gasteiger partial charge in [0.15, 0.2) is 17.1 Å². The molecule has 1 aliphatic heterocycles. The second-order valence-electron chi connectivity index (χ2n) is 10.7. The number of pyridine rings is 1. The molecule has 0 amide bonds. The first kappa shape index (κ1) is 30.1. The van der Waals surface area contributed by atoms with Crippen molar-refractivity contribution in [3.05, 3.63) is 107 Å². The number of aromatic nitrogens is 1. The molecule has 1 unspecified atom stereocenters. The van der Waals surface area contributed by atoms with Gasteiger partial charge in [0, 0.05) is 33.8 Å². The standard InChI is InChI=1S/C32H27F3N2O5S2/c1-31(38,32(33,34)35)21-12-14-37-24(17-21)23-9-5-8-20-16-28(43-30(20)23)29(19-6-3-2-4-7-19)26-13-15-41-27-18-22(44(36,39)40)10-11-25(27)42-26/h2-12,14,16-18,26,29,38H,13,15H2,1H3,(H2,36,39,40)/t26?,29-,31-/m1/s1. The van der Waals surface area contributed by atoms with Crippen LogP contribution in [0.5, 0.6) is 11.5 Å². The third-order valence-corrected chi connectivity index (χ3v) is 9.91. The summed E-state index contributed by atoms with van der Waals surface area (Å²) in [6, 6.07) is 24.1. The zero-order chi connectivity index (χ0) is 31.3. The lowest BCUT2D eigenvalue weighted by atomic mass is 9.89. The highest BCUT2D eigenvalue weighted by Crippen LogP contribution is 2.45. The van der Waals surface area contributed by atoms with E-state index >= 15 is 0 Å². The topological polar surface area (TPSA) is 112 Å². The normalized spacial score (nSPS) is 17.5. The molecule has 44 heavy (non-hydrogen) atoms. The zero-order valence-corrected chi connectivity index (χ0v) is 24.9. The predicted molar refractivity (Wildman–Crippen MR) is 161 cm³/mol. The van der Waals surface area contributed by atoms with E-state index in [4.69, 9.17) is 14.6 Å². The molecule has 3 N–H and O–H groups in total. The smallest absolute Gasteiger partial charge is 0.421 e. The number of hydrogen-bond acceptors (Lipinski definition) is 7. The minimum atomic E-state index is -4.86. The Morgan fingerprint density at radius 2 is 1.77 bits per heavy atom. The van der Waals surface area contributed by atoms with Crippen LogP contribution < -0.4 is 14.6 Å². The second-order valence-corrected chi connectivity index (χ2v) is 13.4. The molecule has 2 aromatic heterocycles. The summed E-state index contributed by atoms with van der Waals surface area (Å²) in [6.07, 6.45) is -3.52. The molecular weight excluding hydrogens is 613 g/mol. The number of alkyl halides is 3. The maximum Gasteiger partial charge on any atom is 0.421 e. The van der Waals surface area contributed by atoms with Gasteiger partial charge in [0.05, 0.1) is 23.1 Å². The summed E-state index contributed by atoms with van der Waals surface area (Å²) in [6.45, 7) is 0.992. The maximum atomic E-state index is 13.6. The molecule has 0 bridgehead atoms. The number of rotatable bonds is 6. The van der Waals surface area contributed by atoms with Crippen LogP contribution in [-0.2, 0) is 15.6 Å². The Hall–Kier alpha value is -3.97. The van der Waals surface area contributed by atoms with Crippen LogP contribution >= 0.6 is 11.3 Å². The average molecular weight is 641 g/mol. The number of nitrogens with two attached hydrogens (primary N) is 1. The van der Waals surface area contributed by atoms with Gasteiger partial charge in [0.2, 0.25) is 10.0 Å². The van der Waals surface area contributed by atoms with Crippen molar-refractivity contribution in [3.63, 3.8) is 0 Å². The number of primary sulfonamides is 1. The first-order valence-electron chi connectivity index (χ1n) is 13.6. The fraction of sp³-hybridized carbons (Fsp3) is 0.219. The van der Waals surface area contributed by atoms with E-state index in [-0.39, 0.29) is 28.7 Å². The molecule has 12 heteroatoms. The molecule has 3 heterocycles. The minimum Gasteiger partial charge on any atom is -0.490 e. The van der Waals surface area contributed by atoms with Crippen molar-refractivity contribution in [2.24, 2.45) is 5.14 Å². The number of fused-ring (bicyclic) bond motifs is 2. The van der Waals surface area contributed by atoms with Crippen molar-refractivity contribution in [1.29, 1.82) is 0 Å². The molecule has 0 saturated carbocycles. The number of aliphatic hydroxyl groups is 1. The van der Waals surface area contributed by atoms with E-state index < -0.39 is 27.9 Å². The fourth-order valence-electron chi connectivity index (χ4n) is 5.32. The summed E-state index contributed by atoms with van der Waals surface area (Å²) in [5, 5.41) is 16.5. The van der Waals surface area contributed by atoms with Gasteiger partial charge in [-0.3, -0.25) is 4.98 Å². The highest BCUT2D eigenvalue weighted by Gasteiger charge is 2.51. The van der Waals surface area contributed by atoms with Crippen LogP contribution in [-0.4, -0.2) is 37.4 Å². The van der Waals surface area contributed by atoms with E-state index in [1.807, 2.05) is 48.5 Å². The first-order chi connectivity index (χ1) is 20.8. The SMILES string of the molecule is C[C@@](O)(c1ccnc(-c2cccc3cc([C@H](c4ccccc4)C4CCOc5cc(S(N)(=O)=O)ccc5O4)sc23)c1)C(F)(F)F. The van der Waals surface area contributed by atoms with Crippen molar-refractivity contribution in [2.75, 3.05) is 6.61 Å². The number of ether oxygens (including phenoxy) is 2. The van der Waals surface area contributed by atoms with Crippen LogP contribution in [0.4, 0.5) is 13.2 Å². The van der Waals surface area contributed by atoms with Gasteiger partial charge in [0.1, 0.15) is 6.10 Å². The lowest BCUT2D eigenvalue weighted by Crippen LogP contribution is -2.39. The van der Waals surface area contributed by atoms with Crippen LogP contribution in [0.2, 0.25) is 0 Å². The summed E-state index contributed by atoms with van der Waals surface area (Å²) in [5.41, 5.74) is -1.42. The highest BCUT2D eigenvalue weighted by atomic mass is 32.2. The van der Waals surface area contributed by atoms with Crippen molar-refractivity contribution in [2.45, 2.75) is 42.0 Å². The van der Waals surface area contributed by atoms with Gasteiger partial charge in [-0.15, -0.1) is 11.3 Å². The molecule has 228 valence electrons. The van der Waals surface area contributed by atoms with Crippen LogP contribution in [0.1, 0.15) is 35.3 Å². The quantitative estimate of drug-likeness (QED) is 0.213. The van der Waals surface area contributed by atoms with E-state index in [0.717, 1.165) is 33.5 Å². The maximum absolute atomic E-state index is 13.6. The first-order valence-corrected chi connectivity index (χ1v) is 16.0. The highest BCUT2D eigenvalue weighted by molar-refractivity contribution is 7.89. The molecule has 5 aromatic rings. The van der Waals surface area contributed by atoms with Gasteiger partial charge in [0.25, 0.3) is 0 Å². The number of hydrogen-bond donors (Lipinski definition) is 2. The molecule has 0 saturated heterocycles.